The van der Waals surface area contributed by atoms with Gasteiger partial charge in [-0.3, -0.25) is 10.1 Å². The Kier molecular flexibility index (Phi) is 4.80. The summed E-state index contributed by atoms with van der Waals surface area (Å²) in [5.41, 5.74) is 7.51. The van der Waals surface area contributed by atoms with Gasteiger partial charge in [-0.25, -0.2) is 4.79 Å². The van der Waals surface area contributed by atoms with Crippen LogP contribution in [0.25, 0.3) is 0 Å². The van der Waals surface area contributed by atoms with Gasteiger partial charge in [0, 0.05) is 5.69 Å². The largest absolute Gasteiger partial charge is 0.360 e. The summed E-state index contributed by atoms with van der Waals surface area (Å²) in [6.07, 6.45) is 0. The fourth-order valence-electron chi connectivity index (χ4n) is 2.80. The number of imide groups is 1. The molecule has 0 spiro atoms. The number of hydrogen-bond acceptors (Lipinski definition) is 3. The zero-order valence-corrected chi connectivity index (χ0v) is 12.6. The molecule has 1 fully saturated rings. The number of para-hydroxylation sites is 1. The maximum atomic E-state index is 11.8. The van der Waals surface area contributed by atoms with E-state index in [1.165, 1.54) is 16.2 Å². The van der Waals surface area contributed by atoms with E-state index in [0.29, 0.717) is 0 Å². The van der Waals surface area contributed by atoms with E-state index in [-0.39, 0.29) is 11.9 Å². The number of piperazine rings is 1. The van der Waals surface area contributed by atoms with Crippen molar-refractivity contribution in [3.8, 4) is 0 Å². The molecule has 0 saturated carbocycles. The predicted molar refractivity (Wildman–Crippen MR) is 81.3 cm³/mol. The Hall–Kier alpha value is -2.08. The van der Waals surface area contributed by atoms with Gasteiger partial charge in [0.15, 0.2) is 6.04 Å². The van der Waals surface area contributed by atoms with Crippen molar-refractivity contribution in [2.45, 2.75) is 19.9 Å². The summed E-state index contributed by atoms with van der Waals surface area (Å²) < 4.78 is 0. The van der Waals surface area contributed by atoms with Gasteiger partial charge in [-0.15, -0.1) is 0 Å². The van der Waals surface area contributed by atoms with Crippen LogP contribution in [0.2, 0.25) is 0 Å². The number of carbonyl (C=O) groups excluding carboxylic acids is 2. The van der Waals surface area contributed by atoms with Gasteiger partial charge in [-0.1, -0.05) is 18.2 Å². The van der Waals surface area contributed by atoms with Crippen LogP contribution in [-0.2, 0) is 4.79 Å². The number of aryl methyl sites for hydroxylation is 1. The van der Waals surface area contributed by atoms with Crippen LogP contribution in [0.15, 0.2) is 24.3 Å². The van der Waals surface area contributed by atoms with Crippen LogP contribution in [0.1, 0.15) is 12.5 Å². The summed E-state index contributed by atoms with van der Waals surface area (Å²) in [5, 5.41) is 2.16. The molecule has 0 aliphatic carbocycles. The minimum Gasteiger partial charge on any atom is -0.360 e. The molecule has 0 radical (unpaired) electrons. The third-order valence-electron chi connectivity index (χ3n) is 4.11. The van der Waals surface area contributed by atoms with E-state index in [2.05, 4.69) is 29.3 Å². The van der Waals surface area contributed by atoms with Crippen molar-refractivity contribution in [2.75, 3.05) is 31.1 Å². The van der Waals surface area contributed by atoms with Crippen molar-refractivity contribution in [3.63, 3.8) is 0 Å². The molecule has 3 amide bonds. The Balaban J connectivity index is 1.93. The molecule has 1 aliphatic heterocycles. The minimum absolute atomic E-state index is 0.267. The van der Waals surface area contributed by atoms with Crippen LogP contribution in [-0.4, -0.2) is 44.2 Å². The van der Waals surface area contributed by atoms with Crippen LogP contribution < -0.4 is 20.9 Å². The average Bonchev–Trinajstić information content (AvgIpc) is 2.46. The SMILES string of the molecule is Cc1ccccc1N1CC[NH+]([C@H](C)C(=O)NC(N)=O)CC1. The monoisotopic (exact) mass is 291 g/mol. The van der Waals surface area contributed by atoms with Gasteiger partial charge in [-0.2, -0.15) is 0 Å². The number of quaternary nitrogens is 1. The summed E-state index contributed by atoms with van der Waals surface area (Å²) in [7, 11) is 0. The van der Waals surface area contributed by atoms with Crippen LogP contribution in [0.5, 0.6) is 0 Å². The minimum atomic E-state index is -0.787. The number of nitrogens with zero attached hydrogens (tertiary/aromatic N) is 1. The maximum Gasteiger partial charge on any atom is 0.319 e. The van der Waals surface area contributed by atoms with Gasteiger partial charge in [-0.05, 0) is 25.5 Å². The van der Waals surface area contributed by atoms with Gasteiger partial charge >= 0.3 is 6.03 Å². The molecule has 1 aromatic carbocycles. The van der Waals surface area contributed by atoms with Crippen LogP contribution in [0.3, 0.4) is 0 Å². The van der Waals surface area contributed by atoms with Crippen molar-refractivity contribution >= 4 is 17.6 Å². The summed E-state index contributed by atoms with van der Waals surface area (Å²) >= 11 is 0. The zero-order valence-electron chi connectivity index (χ0n) is 12.6. The highest BCUT2D eigenvalue weighted by Crippen LogP contribution is 2.18. The van der Waals surface area contributed by atoms with E-state index in [1.807, 2.05) is 19.1 Å². The topological polar surface area (TPSA) is 79.9 Å². The lowest BCUT2D eigenvalue weighted by atomic mass is 10.1. The van der Waals surface area contributed by atoms with E-state index in [1.54, 1.807) is 0 Å². The molecule has 21 heavy (non-hydrogen) atoms. The number of benzene rings is 1. The Morgan fingerprint density at radius 1 is 1.29 bits per heavy atom. The number of anilines is 1. The smallest absolute Gasteiger partial charge is 0.319 e. The molecular weight excluding hydrogens is 268 g/mol. The standard InChI is InChI=1S/C15H22N4O2/c1-11-5-3-4-6-13(11)19-9-7-18(8-10-19)12(2)14(20)17-15(16)21/h3-6,12H,7-10H2,1-2H3,(H3,16,17,20,21)/p+1/t12-/m1/s1. The molecule has 1 atom stereocenters. The number of rotatable bonds is 3. The van der Waals surface area contributed by atoms with E-state index in [4.69, 9.17) is 5.73 Å². The Morgan fingerprint density at radius 3 is 2.48 bits per heavy atom. The zero-order chi connectivity index (χ0) is 15.4. The fraction of sp³-hybridized carbons (Fsp3) is 0.467. The molecular formula is C15H23N4O2+. The van der Waals surface area contributed by atoms with Gasteiger partial charge in [0.1, 0.15) is 0 Å². The number of primary amides is 1. The second kappa shape index (κ2) is 6.58. The first kappa shape index (κ1) is 15.3. The molecule has 0 unspecified atom stereocenters. The van der Waals surface area contributed by atoms with Crippen molar-refractivity contribution < 1.29 is 14.5 Å². The predicted octanol–water partition coefficient (Wildman–Crippen LogP) is -0.717. The Bertz CT molecular complexity index is 524. The Labute approximate surface area is 124 Å². The molecule has 6 nitrogen and oxygen atoms in total. The van der Waals surface area contributed by atoms with E-state index < -0.39 is 6.03 Å². The second-order valence-electron chi connectivity index (χ2n) is 5.51. The highest BCUT2D eigenvalue weighted by molar-refractivity contribution is 5.95. The molecule has 1 saturated heterocycles. The third kappa shape index (κ3) is 3.72. The summed E-state index contributed by atoms with van der Waals surface area (Å²) in [6.45, 7) is 7.46. The van der Waals surface area contributed by atoms with E-state index in [9.17, 15) is 9.59 Å². The van der Waals surface area contributed by atoms with E-state index in [0.717, 1.165) is 26.2 Å². The first-order valence-corrected chi connectivity index (χ1v) is 7.24. The van der Waals surface area contributed by atoms with Crippen LogP contribution in [0.4, 0.5) is 10.5 Å². The van der Waals surface area contributed by atoms with Crippen molar-refractivity contribution in [3.05, 3.63) is 29.8 Å². The number of carbonyl (C=O) groups is 2. The van der Waals surface area contributed by atoms with Gasteiger partial charge in [0.25, 0.3) is 5.91 Å². The third-order valence-corrected chi connectivity index (χ3v) is 4.11. The normalized spacial score (nSPS) is 17.3. The van der Waals surface area contributed by atoms with E-state index >= 15 is 0 Å². The molecule has 0 bridgehead atoms. The highest BCUT2D eigenvalue weighted by Gasteiger charge is 2.29. The number of hydrogen-bond donors (Lipinski definition) is 3. The molecule has 2 rings (SSSR count). The van der Waals surface area contributed by atoms with Crippen molar-refractivity contribution in [1.29, 1.82) is 0 Å². The molecule has 4 N–H and O–H groups in total. The molecule has 1 aromatic rings. The molecule has 1 aliphatic rings. The lowest BCUT2D eigenvalue weighted by molar-refractivity contribution is -0.914. The first-order valence-electron chi connectivity index (χ1n) is 7.24. The lowest BCUT2D eigenvalue weighted by Crippen LogP contribution is -3.19. The summed E-state index contributed by atoms with van der Waals surface area (Å²) in [6, 6.07) is 7.27. The molecule has 114 valence electrons. The fourth-order valence-corrected chi connectivity index (χ4v) is 2.80. The molecule has 1 heterocycles. The van der Waals surface area contributed by atoms with Crippen molar-refractivity contribution in [2.24, 2.45) is 5.73 Å². The molecule has 0 aromatic heterocycles. The molecule has 6 heteroatoms. The van der Waals surface area contributed by atoms with Crippen LogP contribution in [0, 0.1) is 6.92 Å². The summed E-state index contributed by atoms with van der Waals surface area (Å²) in [4.78, 5) is 26.1. The Morgan fingerprint density at radius 2 is 1.90 bits per heavy atom. The number of nitrogens with two attached hydrogens (primary N) is 1. The first-order chi connectivity index (χ1) is 9.99. The van der Waals surface area contributed by atoms with Crippen molar-refractivity contribution in [1.82, 2.24) is 5.32 Å². The highest BCUT2D eigenvalue weighted by atomic mass is 16.2. The quantitative estimate of drug-likeness (QED) is 0.688. The van der Waals surface area contributed by atoms with Gasteiger partial charge in [0.05, 0.1) is 26.2 Å². The second-order valence-corrected chi connectivity index (χ2v) is 5.51. The number of urea groups is 1. The average molecular weight is 291 g/mol. The van der Waals surface area contributed by atoms with Crippen LogP contribution >= 0.6 is 0 Å². The summed E-state index contributed by atoms with van der Waals surface area (Å²) in [5.74, 6) is -0.304. The number of nitrogens with one attached hydrogen (secondary N) is 2. The maximum absolute atomic E-state index is 11.8. The lowest BCUT2D eigenvalue weighted by Gasteiger charge is -2.36. The number of amides is 3. The van der Waals surface area contributed by atoms with Gasteiger partial charge in [0.2, 0.25) is 0 Å². The van der Waals surface area contributed by atoms with Gasteiger partial charge < -0.3 is 15.5 Å².